The molecule has 0 radical (unpaired) electrons. The highest BCUT2D eigenvalue weighted by Crippen LogP contribution is 2.39. The predicted octanol–water partition coefficient (Wildman–Crippen LogP) is 3.07. The molecule has 1 aliphatic carbocycles. The standard InChI is InChI=1S/C14H25NO/c1-11(2)4-5-13(16)14(10-15)8-6-12(3)7-9-14/h12H,1,4-10,15H2,2-3H3. The smallest absolute Gasteiger partial charge is 0.140 e. The summed E-state index contributed by atoms with van der Waals surface area (Å²) in [6, 6.07) is 0. The highest BCUT2D eigenvalue weighted by Gasteiger charge is 2.38. The van der Waals surface area contributed by atoms with E-state index in [0.717, 1.165) is 43.6 Å². The van der Waals surface area contributed by atoms with E-state index in [1.807, 2.05) is 6.92 Å². The lowest BCUT2D eigenvalue weighted by Crippen LogP contribution is -2.41. The summed E-state index contributed by atoms with van der Waals surface area (Å²) in [5, 5.41) is 0. The molecule has 1 aliphatic rings. The summed E-state index contributed by atoms with van der Waals surface area (Å²) < 4.78 is 0. The molecule has 0 spiro atoms. The fourth-order valence-corrected chi connectivity index (χ4v) is 2.50. The first-order valence-corrected chi connectivity index (χ1v) is 6.38. The average molecular weight is 223 g/mol. The van der Waals surface area contributed by atoms with Gasteiger partial charge in [-0.1, -0.05) is 12.5 Å². The fraction of sp³-hybridized carbons (Fsp3) is 0.786. The molecule has 0 aromatic carbocycles. The minimum absolute atomic E-state index is 0.206. The van der Waals surface area contributed by atoms with Crippen LogP contribution >= 0.6 is 0 Å². The molecular formula is C14H25NO. The van der Waals surface area contributed by atoms with Gasteiger partial charge in [0, 0.05) is 18.4 Å². The molecule has 0 bridgehead atoms. The van der Waals surface area contributed by atoms with Crippen LogP contribution in [0.3, 0.4) is 0 Å². The average Bonchev–Trinajstić information content (AvgIpc) is 2.27. The summed E-state index contributed by atoms with van der Waals surface area (Å²) in [6.45, 7) is 8.61. The van der Waals surface area contributed by atoms with Gasteiger partial charge in [-0.2, -0.15) is 0 Å². The van der Waals surface area contributed by atoms with Crippen molar-refractivity contribution in [1.82, 2.24) is 0 Å². The Morgan fingerprint density at radius 3 is 2.38 bits per heavy atom. The van der Waals surface area contributed by atoms with Crippen molar-refractivity contribution in [3.8, 4) is 0 Å². The third-order valence-corrected chi connectivity index (χ3v) is 3.99. The lowest BCUT2D eigenvalue weighted by Gasteiger charge is -2.37. The van der Waals surface area contributed by atoms with E-state index in [-0.39, 0.29) is 5.41 Å². The van der Waals surface area contributed by atoms with Gasteiger partial charge in [-0.3, -0.25) is 4.79 Å². The highest BCUT2D eigenvalue weighted by molar-refractivity contribution is 5.85. The highest BCUT2D eigenvalue weighted by atomic mass is 16.1. The predicted molar refractivity (Wildman–Crippen MR) is 68.2 cm³/mol. The van der Waals surface area contributed by atoms with Crippen LogP contribution in [0.25, 0.3) is 0 Å². The zero-order valence-corrected chi connectivity index (χ0v) is 10.7. The molecule has 2 heteroatoms. The summed E-state index contributed by atoms with van der Waals surface area (Å²) in [7, 11) is 0. The SMILES string of the molecule is C=C(C)CCC(=O)C1(CN)CCC(C)CC1. The van der Waals surface area contributed by atoms with E-state index in [0.29, 0.717) is 18.7 Å². The van der Waals surface area contributed by atoms with Crippen LogP contribution in [0, 0.1) is 11.3 Å². The molecule has 0 atom stereocenters. The minimum Gasteiger partial charge on any atom is -0.329 e. The second-order valence-corrected chi connectivity index (χ2v) is 5.55. The Hall–Kier alpha value is -0.630. The maximum atomic E-state index is 12.2. The quantitative estimate of drug-likeness (QED) is 0.728. The van der Waals surface area contributed by atoms with Crippen LogP contribution in [0.5, 0.6) is 0 Å². The number of hydrogen-bond donors (Lipinski definition) is 1. The molecule has 0 aromatic rings. The third kappa shape index (κ3) is 3.18. The summed E-state index contributed by atoms with van der Waals surface area (Å²) in [4.78, 5) is 12.2. The maximum absolute atomic E-state index is 12.2. The summed E-state index contributed by atoms with van der Waals surface area (Å²) >= 11 is 0. The first kappa shape index (κ1) is 13.4. The van der Waals surface area contributed by atoms with E-state index in [1.165, 1.54) is 0 Å². The van der Waals surface area contributed by atoms with Gasteiger partial charge in [0.25, 0.3) is 0 Å². The van der Waals surface area contributed by atoms with Gasteiger partial charge in [0.05, 0.1) is 0 Å². The maximum Gasteiger partial charge on any atom is 0.140 e. The number of allylic oxidation sites excluding steroid dienone is 1. The molecule has 92 valence electrons. The fourth-order valence-electron chi connectivity index (χ4n) is 2.50. The molecule has 2 nitrogen and oxygen atoms in total. The largest absolute Gasteiger partial charge is 0.329 e. The van der Waals surface area contributed by atoms with E-state index in [4.69, 9.17) is 5.73 Å². The Bertz CT molecular complexity index is 262. The lowest BCUT2D eigenvalue weighted by atomic mass is 9.67. The van der Waals surface area contributed by atoms with Gasteiger partial charge < -0.3 is 5.73 Å². The van der Waals surface area contributed by atoms with Crippen LogP contribution < -0.4 is 5.73 Å². The molecule has 0 saturated heterocycles. The monoisotopic (exact) mass is 223 g/mol. The number of nitrogens with two attached hydrogens (primary N) is 1. The van der Waals surface area contributed by atoms with Gasteiger partial charge >= 0.3 is 0 Å². The minimum atomic E-state index is -0.206. The van der Waals surface area contributed by atoms with Crippen molar-refractivity contribution in [2.24, 2.45) is 17.1 Å². The van der Waals surface area contributed by atoms with Crippen LogP contribution in [0.4, 0.5) is 0 Å². The van der Waals surface area contributed by atoms with Crippen LogP contribution in [-0.4, -0.2) is 12.3 Å². The van der Waals surface area contributed by atoms with Crippen molar-refractivity contribution in [1.29, 1.82) is 0 Å². The number of rotatable bonds is 5. The van der Waals surface area contributed by atoms with Gasteiger partial charge in [0.2, 0.25) is 0 Å². The van der Waals surface area contributed by atoms with Gasteiger partial charge in [0.15, 0.2) is 0 Å². The van der Waals surface area contributed by atoms with E-state index in [1.54, 1.807) is 0 Å². The molecule has 0 heterocycles. The van der Waals surface area contributed by atoms with Crippen LogP contribution in [0.15, 0.2) is 12.2 Å². The molecule has 1 rings (SSSR count). The second kappa shape index (κ2) is 5.62. The van der Waals surface area contributed by atoms with Gasteiger partial charge in [-0.15, -0.1) is 6.58 Å². The van der Waals surface area contributed by atoms with E-state index < -0.39 is 0 Å². The number of carbonyl (C=O) groups is 1. The molecule has 16 heavy (non-hydrogen) atoms. The first-order valence-electron chi connectivity index (χ1n) is 6.38. The Labute approximate surface area is 99.3 Å². The molecule has 1 fully saturated rings. The van der Waals surface area contributed by atoms with Gasteiger partial charge in [-0.05, 0) is 44.9 Å². The molecule has 0 unspecified atom stereocenters. The number of ketones is 1. The summed E-state index contributed by atoms with van der Waals surface area (Å²) in [5.74, 6) is 1.12. The van der Waals surface area contributed by atoms with Crippen LogP contribution in [0.1, 0.15) is 52.4 Å². The van der Waals surface area contributed by atoms with Crippen LogP contribution in [0.2, 0.25) is 0 Å². The van der Waals surface area contributed by atoms with Crippen molar-refractivity contribution in [3.05, 3.63) is 12.2 Å². The topological polar surface area (TPSA) is 43.1 Å². The van der Waals surface area contributed by atoms with Crippen molar-refractivity contribution >= 4 is 5.78 Å². The Morgan fingerprint density at radius 2 is 1.94 bits per heavy atom. The Morgan fingerprint density at radius 1 is 1.38 bits per heavy atom. The molecule has 0 aliphatic heterocycles. The second-order valence-electron chi connectivity index (χ2n) is 5.55. The summed E-state index contributed by atoms with van der Waals surface area (Å²) in [5.41, 5.74) is 6.73. The zero-order chi connectivity index (χ0) is 12.2. The molecule has 1 saturated carbocycles. The molecule has 0 aromatic heterocycles. The molecule has 2 N–H and O–H groups in total. The van der Waals surface area contributed by atoms with Crippen molar-refractivity contribution < 1.29 is 4.79 Å². The van der Waals surface area contributed by atoms with E-state index in [2.05, 4.69) is 13.5 Å². The summed E-state index contributed by atoms with van der Waals surface area (Å²) in [6.07, 6.45) is 5.71. The third-order valence-electron chi connectivity index (χ3n) is 3.99. The van der Waals surface area contributed by atoms with Crippen LogP contribution in [-0.2, 0) is 4.79 Å². The zero-order valence-electron chi connectivity index (χ0n) is 10.7. The number of Topliss-reactive ketones (excluding diaryl/α,β-unsaturated/α-hetero) is 1. The lowest BCUT2D eigenvalue weighted by molar-refractivity contribution is -0.130. The number of carbonyl (C=O) groups excluding carboxylic acids is 1. The van der Waals surface area contributed by atoms with Crippen molar-refractivity contribution in [2.75, 3.05) is 6.54 Å². The van der Waals surface area contributed by atoms with Gasteiger partial charge in [0.1, 0.15) is 5.78 Å². The molecular weight excluding hydrogens is 198 g/mol. The Balaban J connectivity index is 2.58. The first-order chi connectivity index (χ1) is 7.50. The normalized spacial score (nSPS) is 30.1. The number of hydrogen-bond acceptors (Lipinski definition) is 2. The molecule has 0 amide bonds. The Kier molecular flexibility index (Phi) is 4.72. The van der Waals surface area contributed by atoms with Crippen molar-refractivity contribution in [2.45, 2.75) is 52.4 Å². The van der Waals surface area contributed by atoms with Gasteiger partial charge in [-0.25, -0.2) is 0 Å². The van der Waals surface area contributed by atoms with Crippen molar-refractivity contribution in [3.63, 3.8) is 0 Å². The van der Waals surface area contributed by atoms with E-state index >= 15 is 0 Å². The van der Waals surface area contributed by atoms with E-state index in [9.17, 15) is 4.79 Å².